The standard InChI is InChI=1S/C24H28N4O3/c1-24(2)18-14-17(7-8-19(18)26(3)23(24)30)28-11-12-31-20-13-16(15-25-21(20)28)22(29)27-9-5-4-6-10-27/h7-8,13-15H,4-6,9-12H2,1-3H3. The van der Waals surface area contributed by atoms with Crippen molar-refractivity contribution in [2.45, 2.75) is 38.5 Å². The van der Waals surface area contributed by atoms with Crippen LogP contribution in [0, 0.1) is 0 Å². The van der Waals surface area contributed by atoms with Crippen LogP contribution in [0.2, 0.25) is 0 Å². The number of aromatic nitrogens is 1. The highest BCUT2D eigenvalue weighted by Gasteiger charge is 2.42. The summed E-state index contributed by atoms with van der Waals surface area (Å²) in [5, 5.41) is 0. The van der Waals surface area contributed by atoms with Crippen molar-refractivity contribution < 1.29 is 14.3 Å². The van der Waals surface area contributed by atoms with Gasteiger partial charge in [0.1, 0.15) is 6.61 Å². The minimum absolute atomic E-state index is 0.0246. The molecule has 0 saturated carbocycles. The van der Waals surface area contributed by atoms with Gasteiger partial charge in [0, 0.05) is 37.7 Å². The fourth-order valence-electron chi connectivity index (χ4n) is 4.88. The molecule has 0 atom stereocenters. The molecule has 0 N–H and O–H groups in total. The number of rotatable bonds is 2. The fraction of sp³-hybridized carbons (Fsp3) is 0.458. The number of benzene rings is 1. The second kappa shape index (κ2) is 7.25. The van der Waals surface area contributed by atoms with Crippen LogP contribution in [0.5, 0.6) is 5.75 Å². The molecule has 1 fully saturated rings. The lowest BCUT2D eigenvalue weighted by Crippen LogP contribution is -2.36. The molecule has 7 heteroatoms. The Morgan fingerprint density at radius 3 is 2.65 bits per heavy atom. The molecule has 7 nitrogen and oxygen atoms in total. The smallest absolute Gasteiger partial charge is 0.255 e. The maximum absolute atomic E-state index is 12.9. The predicted octanol–water partition coefficient (Wildman–Crippen LogP) is 3.49. The van der Waals surface area contributed by atoms with Crippen LogP contribution in [0.4, 0.5) is 17.2 Å². The quantitative estimate of drug-likeness (QED) is 0.744. The van der Waals surface area contributed by atoms with E-state index in [1.807, 2.05) is 44.0 Å². The Hall–Kier alpha value is -3.09. The van der Waals surface area contributed by atoms with Crippen molar-refractivity contribution in [3.8, 4) is 5.75 Å². The fourth-order valence-corrected chi connectivity index (χ4v) is 4.88. The molecule has 162 valence electrons. The van der Waals surface area contributed by atoms with Crippen molar-refractivity contribution in [1.82, 2.24) is 9.88 Å². The van der Waals surface area contributed by atoms with Gasteiger partial charge in [0.15, 0.2) is 11.6 Å². The summed E-state index contributed by atoms with van der Waals surface area (Å²) in [7, 11) is 1.82. The average molecular weight is 421 g/mol. The third kappa shape index (κ3) is 3.14. The number of pyridine rings is 1. The van der Waals surface area contributed by atoms with E-state index in [1.54, 1.807) is 11.1 Å². The zero-order valence-corrected chi connectivity index (χ0v) is 18.4. The van der Waals surface area contributed by atoms with Crippen LogP contribution in [0.15, 0.2) is 30.5 Å². The number of likely N-dealkylation sites (N-methyl/N-ethyl adjacent to an activating group) is 1. The Morgan fingerprint density at radius 2 is 1.87 bits per heavy atom. The van der Waals surface area contributed by atoms with Crippen LogP contribution in [-0.4, -0.2) is 55.0 Å². The zero-order valence-electron chi connectivity index (χ0n) is 18.4. The number of hydrogen-bond donors (Lipinski definition) is 0. The zero-order chi connectivity index (χ0) is 21.8. The van der Waals surface area contributed by atoms with E-state index < -0.39 is 5.41 Å². The van der Waals surface area contributed by atoms with Crippen LogP contribution in [0.3, 0.4) is 0 Å². The Balaban J connectivity index is 1.47. The Bertz CT molecular complexity index is 1060. The van der Waals surface area contributed by atoms with Crippen molar-refractivity contribution in [1.29, 1.82) is 0 Å². The summed E-state index contributed by atoms with van der Waals surface area (Å²) in [6.45, 7) is 6.70. The molecule has 0 unspecified atom stereocenters. The average Bonchev–Trinajstić information content (AvgIpc) is 2.98. The van der Waals surface area contributed by atoms with E-state index >= 15 is 0 Å². The highest BCUT2D eigenvalue weighted by Crippen LogP contribution is 2.44. The molecule has 2 amide bonds. The highest BCUT2D eigenvalue weighted by molar-refractivity contribution is 6.07. The number of anilines is 3. The molecule has 1 aromatic heterocycles. The number of nitrogens with zero attached hydrogens (tertiary/aromatic N) is 4. The maximum atomic E-state index is 12.9. The first-order valence-corrected chi connectivity index (χ1v) is 11.0. The maximum Gasteiger partial charge on any atom is 0.255 e. The largest absolute Gasteiger partial charge is 0.488 e. The molecule has 3 aliphatic heterocycles. The van der Waals surface area contributed by atoms with Crippen LogP contribution < -0.4 is 14.5 Å². The number of piperidine rings is 1. The van der Waals surface area contributed by atoms with Gasteiger partial charge in [-0.1, -0.05) is 0 Å². The minimum atomic E-state index is -0.562. The van der Waals surface area contributed by atoms with Gasteiger partial charge in [0.25, 0.3) is 5.91 Å². The van der Waals surface area contributed by atoms with E-state index in [2.05, 4.69) is 16.0 Å². The molecule has 5 rings (SSSR count). The summed E-state index contributed by atoms with van der Waals surface area (Å²) >= 11 is 0. The van der Waals surface area contributed by atoms with Gasteiger partial charge in [-0.15, -0.1) is 0 Å². The summed E-state index contributed by atoms with van der Waals surface area (Å²) in [6.07, 6.45) is 4.96. The first-order chi connectivity index (χ1) is 14.9. The van der Waals surface area contributed by atoms with Gasteiger partial charge in [-0.3, -0.25) is 9.59 Å². The Morgan fingerprint density at radius 1 is 1.10 bits per heavy atom. The lowest BCUT2D eigenvalue weighted by atomic mass is 9.86. The van der Waals surface area contributed by atoms with E-state index in [4.69, 9.17) is 4.74 Å². The van der Waals surface area contributed by atoms with E-state index in [-0.39, 0.29) is 11.8 Å². The molecule has 0 radical (unpaired) electrons. The monoisotopic (exact) mass is 420 g/mol. The third-order valence-electron chi connectivity index (χ3n) is 6.72. The summed E-state index contributed by atoms with van der Waals surface area (Å²) in [4.78, 5) is 35.9. The Labute approximate surface area is 182 Å². The molecule has 0 aliphatic carbocycles. The number of amides is 2. The van der Waals surface area contributed by atoms with Gasteiger partial charge in [-0.25, -0.2) is 4.98 Å². The van der Waals surface area contributed by atoms with Gasteiger partial charge in [-0.05, 0) is 62.9 Å². The molecule has 31 heavy (non-hydrogen) atoms. The third-order valence-corrected chi connectivity index (χ3v) is 6.72. The van der Waals surface area contributed by atoms with E-state index in [0.717, 1.165) is 42.9 Å². The number of likely N-dealkylation sites (tertiary alicyclic amines) is 1. The van der Waals surface area contributed by atoms with E-state index in [9.17, 15) is 9.59 Å². The predicted molar refractivity (Wildman–Crippen MR) is 119 cm³/mol. The first kappa shape index (κ1) is 19.8. The normalized spacial score (nSPS) is 19.7. The molecule has 0 bridgehead atoms. The molecule has 1 aromatic carbocycles. The lowest BCUT2D eigenvalue weighted by molar-refractivity contribution is -0.121. The van der Waals surface area contributed by atoms with Crippen molar-refractivity contribution in [3.63, 3.8) is 0 Å². The number of ether oxygens (including phenoxy) is 1. The van der Waals surface area contributed by atoms with Crippen LogP contribution in [0.25, 0.3) is 0 Å². The van der Waals surface area contributed by atoms with Gasteiger partial charge in [-0.2, -0.15) is 0 Å². The minimum Gasteiger partial charge on any atom is -0.488 e. The lowest BCUT2D eigenvalue weighted by Gasteiger charge is -2.31. The number of hydrogen-bond acceptors (Lipinski definition) is 5. The van der Waals surface area contributed by atoms with Crippen molar-refractivity contribution >= 4 is 29.0 Å². The number of carbonyl (C=O) groups excluding carboxylic acids is 2. The summed E-state index contributed by atoms with van der Waals surface area (Å²) in [5.41, 5.74) is 2.95. The second-order valence-electron chi connectivity index (χ2n) is 9.09. The van der Waals surface area contributed by atoms with Crippen molar-refractivity contribution in [2.24, 2.45) is 0 Å². The SMILES string of the molecule is CN1C(=O)C(C)(C)c2cc(N3CCOc4cc(C(=O)N5CCCCC5)cnc43)ccc21. The van der Waals surface area contributed by atoms with Crippen LogP contribution in [0.1, 0.15) is 49.0 Å². The van der Waals surface area contributed by atoms with Crippen molar-refractivity contribution in [2.75, 3.05) is 43.1 Å². The first-order valence-electron chi connectivity index (χ1n) is 11.0. The topological polar surface area (TPSA) is 66.0 Å². The molecular formula is C24H28N4O3. The van der Waals surface area contributed by atoms with Crippen LogP contribution in [-0.2, 0) is 10.2 Å². The summed E-state index contributed by atoms with van der Waals surface area (Å²) < 4.78 is 5.88. The summed E-state index contributed by atoms with van der Waals surface area (Å²) in [5.74, 6) is 1.46. The Kier molecular flexibility index (Phi) is 4.64. The molecule has 0 spiro atoms. The molecule has 2 aromatic rings. The van der Waals surface area contributed by atoms with Gasteiger partial charge < -0.3 is 19.4 Å². The molecule has 4 heterocycles. The molecule has 1 saturated heterocycles. The highest BCUT2D eigenvalue weighted by atomic mass is 16.5. The van der Waals surface area contributed by atoms with Gasteiger partial charge in [0.05, 0.1) is 17.5 Å². The number of carbonyl (C=O) groups is 2. The van der Waals surface area contributed by atoms with Crippen LogP contribution >= 0.6 is 0 Å². The van der Waals surface area contributed by atoms with Gasteiger partial charge >= 0.3 is 0 Å². The van der Waals surface area contributed by atoms with E-state index in [1.165, 1.54) is 6.42 Å². The molecular weight excluding hydrogens is 392 g/mol. The molecule has 3 aliphatic rings. The number of fused-ring (bicyclic) bond motifs is 2. The van der Waals surface area contributed by atoms with Gasteiger partial charge in [0.2, 0.25) is 5.91 Å². The summed E-state index contributed by atoms with van der Waals surface area (Å²) in [6, 6.07) is 7.93. The second-order valence-corrected chi connectivity index (χ2v) is 9.09. The van der Waals surface area contributed by atoms with Crippen molar-refractivity contribution in [3.05, 3.63) is 41.6 Å². The van der Waals surface area contributed by atoms with E-state index in [0.29, 0.717) is 30.3 Å².